The van der Waals surface area contributed by atoms with Crippen LogP contribution in [-0.2, 0) is 5.41 Å². The molecule has 0 radical (unpaired) electrons. The van der Waals surface area contributed by atoms with E-state index in [0.29, 0.717) is 0 Å². The van der Waals surface area contributed by atoms with Gasteiger partial charge in [0.25, 0.3) is 0 Å². The Labute approximate surface area is 392 Å². The van der Waals surface area contributed by atoms with Gasteiger partial charge in [0.1, 0.15) is 0 Å². The highest BCUT2D eigenvalue weighted by Crippen LogP contribution is 2.64. The van der Waals surface area contributed by atoms with Gasteiger partial charge in [-0.1, -0.05) is 218 Å². The molecule has 0 saturated heterocycles. The molecule has 1 heterocycles. The maximum absolute atomic E-state index is 2.62. The second-order valence-electron chi connectivity index (χ2n) is 17.9. The van der Waals surface area contributed by atoms with Crippen LogP contribution in [0.4, 0.5) is 28.4 Å². The van der Waals surface area contributed by atoms with E-state index in [1.54, 1.807) is 0 Å². The van der Waals surface area contributed by atoms with E-state index in [1.807, 2.05) is 0 Å². The van der Waals surface area contributed by atoms with Gasteiger partial charge in [-0.05, 0) is 121 Å². The van der Waals surface area contributed by atoms with Crippen LogP contribution in [0.3, 0.4) is 0 Å². The molecule has 0 amide bonds. The predicted octanol–water partition coefficient (Wildman–Crippen LogP) is 16.9. The average molecular weight is 855 g/mol. The van der Waals surface area contributed by atoms with Gasteiger partial charge < -0.3 is 9.80 Å². The van der Waals surface area contributed by atoms with Crippen LogP contribution in [0.5, 0.6) is 0 Å². The van der Waals surface area contributed by atoms with E-state index in [2.05, 4.69) is 271 Å². The molecule has 0 aromatic heterocycles. The van der Waals surface area contributed by atoms with Crippen molar-refractivity contribution in [3.05, 3.63) is 289 Å². The Bertz CT molecular complexity index is 3510. The van der Waals surface area contributed by atoms with Crippen molar-refractivity contribution in [1.82, 2.24) is 0 Å². The fourth-order valence-electron chi connectivity index (χ4n) is 11.7. The minimum Gasteiger partial charge on any atom is -0.334 e. The molecule has 2 aliphatic carbocycles. The lowest BCUT2D eigenvalue weighted by Gasteiger charge is -2.47. The molecular weight excluding hydrogens is 809 g/mol. The minimum absolute atomic E-state index is 0.0233. The third-order valence-corrected chi connectivity index (χ3v) is 14.5. The first-order chi connectivity index (χ1) is 33.3. The Morgan fingerprint density at radius 1 is 0.403 bits per heavy atom. The average Bonchev–Trinajstić information content (AvgIpc) is 3.69. The molecule has 0 N–H and O–H groups in total. The molecule has 316 valence electrons. The summed E-state index contributed by atoms with van der Waals surface area (Å²) in [5, 5.41) is 2.49. The lowest BCUT2D eigenvalue weighted by Crippen LogP contribution is -2.40. The molecule has 10 aromatic carbocycles. The molecule has 1 atom stereocenters. The number of benzene rings is 10. The van der Waals surface area contributed by atoms with Crippen LogP contribution in [0.25, 0.3) is 49.7 Å². The normalized spacial score (nSPS) is 15.2. The van der Waals surface area contributed by atoms with Crippen LogP contribution < -0.4 is 9.80 Å². The molecule has 0 saturated carbocycles. The minimum atomic E-state index is -0.517. The highest BCUT2D eigenvalue weighted by molar-refractivity contribution is 6.03. The zero-order valence-electron chi connectivity index (χ0n) is 37.0. The number of hydrogen-bond acceptors (Lipinski definition) is 2. The van der Waals surface area contributed by atoms with Gasteiger partial charge in [-0.2, -0.15) is 0 Å². The fourth-order valence-corrected chi connectivity index (χ4v) is 11.7. The number of hydrogen-bond donors (Lipinski definition) is 0. The van der Waals surface area contributed by atoms with E-state index in [0.717, 1.165) is 17.8 Å². The van der Waals surface area contributed by atoms with E-state index in [1.165, 1.54) is 94.6 Å². The zero-order chi connectivity index (χ0) is 44.3. The Kier molecular flexibility index (Phi) is 9.25. The van der Waals surface area contributed by atoms with Gasteiger partial charge in [-0.3, -0.25) is 0 Å². The Balaban J connectivity index is 1.01. The van der Waals surface area contributed by atoms with Crippen LogP contribution in [0, 0.1) is 0 Å². The van der Waals surface area contributed by atoms with Crippen molar-refractivity contribution in [2.45, 2.75) is 17.9 Å². The molecule has 2 heteroatoms. The van der Waals surface area contributed by atoms with Gasteiger partial charge in [0, 0.05) is 22.6 Å². The number of anilines is 5. The number of rotatable bonds is 7. The molecule has 2 nitrogen and oxygen atoms in total. The quantitative estimate of drug-likeness (QED) is 0.158. The zero-order valence-corrected chi connectivity index (χ0v) is 37.0. The molecule has 1 aliphatic heterocycles. The smallest absolute Gasteiger partial charge is 0.0718 e. The Morgan fingerprint density at radius 2 is 0.925 bits per heavy atom. The van der Waals surface area contributed by atoms with Crippen LogP contribution in [0.1, 0.15) is 28.7 Å². The molecule has 1 unspecified atom stereocenters. The summed E-state index contributed by atoms with van der Waals surface area (Å²) < 4.78 is 0. The maximum Gasteiger partial charge on any atom is 0.0718 e. The summed E-state index contributed by atoms with van der Waals surface area (Å²) in [6.45, 7) is 0. The third-order valence-electron chi connectivity index (χ3n) is 14.5. The van der Waals surface area contributed by atoms with Gasteiger partial charge in [0.05, 0.1) is 22.8 Å². The van der Waals surface area contributed by atoms with Crippen molar-refractivity contribution < 1.29 is 0 Å². The summed E-state index contributed by atoms with van der Waals surface area (Å²) in [7, 11) is 0. The molecule has 10 aromatic rings. The van der Waals surface area contributed by atoms with Crippen molar-refractivity contribution >= 4 is 44.8 Å². The number of para-hydroxylation sites is 4. The molecule has 0 fully saturated rings. The van der Waals surface area contributed by atoms with E-state index < -0.39 is 5.41 Å². The largest absolute Gasteiger partial charge is 0.334 e. The summed E-state index contributed by atoms with van der Waals surface area (Å²) in [6, 6.07) is 91.7. The summed E-state index contributed by atoms with van der Waals surface area (Å²) in [4.78, 5) is 5.09. The fraction of sp³-hybridized carbons (Fsp3) is 0.0462. The predicted molar refractivity (Wildman–Crippen MR) is 281 cm³/mol. The van der Waals surface area contributed by atoms with Crippen molar-refractivity contribution in [2.24, 2.45) is 0 Å². The second kappa shape index (κ2) is 15.9. The Morgan fingerprint density at radius 3 is 1.66 bits per heavy atom. The van der Waals surface area contributed by atoms with Gasteiger partial charge in [-0.25, -0.2) is 0 Å². The van der Waals surface area contributed by atoms with Gasteiger partial charge in [0.2, 0.25) is 0 Å². The van der Waals surface area contributed by atoms with Crippen LogP contribution >= 0.6 is 0 Å². The summed E-state index contributed by atoms with van der Waals surface area (Å²) in [6.07, 6.45) is 5.74. The van der Waals surface area contributed by atoms with Crippen LogP contribution in [0.15, 0.2) is 266 Å². The second-order valence-corrected chi connectivity index (χ2v) is 17.9. The van der Waals surface area contributed by atoms with E-state index in [9.17, 15) is 0 Å². The topological polar surface area (TPSA) is 6.48 Å². The number of nitrogens with zero attached hydrogens (tertiary/aromatic N) is 2. The number of allylic oxidation sites excluding steroid dienone is 2. The highest BCUT2D eigenvalue weighted by atomic mass is 15.2. The highest BCUT2D eigenvalue weighted by Gasteiger charge is 2.53. The van der Waals surface area contributed by atoms with Crippen molar-refractivity contribution in [2.75, 3.05) is 9.80 Å². The van der Waals surface area contributed by atoms with Crippen LogP contribution in [-0.4, -0.2) is 6.04 Å². The molecular formula is C65H46N2. The summed E-state index contributed by atoms with van der Waals surface area (Å²) in [5.74, 6) is 0. The van der Waals surface area contributed by atoms with Gasteiger partial charge in [-0.15, -0.1) is 0 Å². The molecule has 3 aliphatic rings. The van der Waals surface area contributed by atoms with Crippen molar-refractivity contribution in [3.8, 4) is 33.4 Å². The summed E-state index contributed by atoms with van der Waals surface area (Å²) in [5.41, 5.74) is 20.7. The molecule has 67 heavy (non-hydrogen) atoms. The van der Waals surface area contributed by atoms with Gasteiger partial charge in [0.15, 0.2) is 0 Å². The monoisotopic (exact) mass is 854 g/mol. The lowest BCUT2D eigenvalue weighted by atomic mass is 9.62. The van der Waals surface area contributed by atoms with E-state index in [4.69, 9.17) is 0 Å². The lowest BCUT2D eigenvalue weighted by molar-refractivity contribution is 0.647. The van der Waals surface area contributed by atoms with Gasteiger partial charge >= 0.3 is 0 Å². The first-order valence-electron chi connectivity index (χ1n) is 23.4. The van der Waals surface area contributed by atoms with Crippen molar-refractivity contribution in [3.63, 3.8) is 0 Å². The maximum atomic E-state index is 2.62. The molecule has 1 spiro atoms. The first kappa shape index (κ1) is 39.0. The number of fused-ring (bicyclic) bond motifs is 9. The molecule has 13 rings (SSSR count). The third kappa shape index (κ3) is 6.10. The summed E-state index contributed by atoms with van der Waals surface area (Å²) >= 11 is 0. The SMILES string of the molecule is C1=CC(N(c2ccc(-c3ccccc3)cc2)c2ccccc2-c2ccccc2-c2cccc3ccccc23)CC2=C1c1ccccc1C21c2ccccc2N(c2ccccc2)c2ccccc21. The van der Waals surface area contributed by atoms with E-state index in [-0.39, 0.29) is 6.04 Å². The van der Waals surface area contributed by atoms with Crippen molar-refractivity contribution in [1.29, 1.82) is 0 Å². The standard InChI is InChI=1S/C65H46N2/c1-3-20-45(21-4-1)46-38-40-49(41-39-46)66(62-35-16-12-30-57(62)54-28-10-9-27-53(54)52-31-19-23-47-22-7-8-26-51(47)52)50-42-43-56-55-29-11-13-32-58(55)65(61(56)44-50)59-33-14-17-36-63(59)67(48-24-5-2-6-25-48)64-37-18-15-34-60(64)65/h1-43,50H,44H2. The molecule has 0 bridgehead atoms. The first-order valence-corrected chi connectivity index (χ1v) is 23.4. The van der Waals surface area contributed by atoms with Crippen LogP contribution in [0.2, 0.25) is 0 Å². The Hall–Kier alpha value is -8.46. The van der Waals surface area contributed by atoms with E-state index >= 15 is 0 Å².